The summed E-state index contributed by atoms with van der Waals surface area (Å²) in [6.45, 7) is 3.80. The number of H-pyrrole nitrogens is 1. The standard InChI is InChI=1S/C20H17F3N10O/c1-4-32-11(5-12(29-32)20(21,22)23)16-26-17-15-14(10-6-25-31(3)7-10)13-9(2)27-28-19(13)34-18(15)24-8-33(17)30-16/h5-8,14H,4H2,1-3H3,(H,27,28)/t14-/m0/s1. The Balaban J connectivity index is 1.58. The zero-order chi connectivity index (χ0) is 23.8. The SMILES string of the molecule is CCn1nc(C(F)(F)F)cc1-c1nc2c3c(ncn2n1)Oc1n[nH]c(C)c1[C@@H]3c1cnn(C)c1. The third-order valence-electron chi connectivity index (χ3n) is 5.77. The van der Waals surface area contributed by atoms with Gasteiger partial charge in [-0.15, -0.1) is 10.2 Å². The average Bonchev–Trinajstić information content (AvgIpc) is 3.56. The van der Waals surface area contributed by atoms with E-state index in [2.05, 4.69) is 35.5 Å². The van der Waals surface area contributed by atoms with Gasteiger partial charge in [-0.1, -0.05) is 0 Å². The molecule has 6 rings (SSSR count). The van der Waals surface area contributed by atoms with Crippen molar-refractivity contribution in [3.63, 3.8) is 0 Å². The van der Waals surface area contributed by atoms with E-state index in [0.717, 1.165) is 22.9 Å². The molecule has 6 heterocycles. The molecule has 1 aliphatic rings. The number of hydrogen-bond acceptors (Lipinski definition) is 7. The number of ether oxygens (including phenoxy) is 1. The summed E-state index contributed by atoms with van der Waals surface area (Å²) in [6, 6.07) is 0.950. The molecule has 1 N–H and O–H groups in total. The maximum absolute atomic E-state index is 13.3. The molecular weight excluding hydrogens is 453 g/mol. The predicted molar refractivity (Wildman–Crippen MR) is 110 cm³/mol. The predicted octanol–water partition coefficient (Wildman–Crippen LogP) is 3.08. The molecule has 0 bridgehead atoms. The van der Waals surface area contributed by atoms with E-state index in [0.29, 0.717) is 23.0 Å². The fourth-order valence-corrected chi connectivity index (χ4v) is 4.27. The quantitative estimate of drug-likeness (QED) is 0.422. The van der Waals surface area contributed by atoms with Crippen molar-refractivity contribution >= 4 is 5.65 Å². The Hall–Kier alpha value is -4.23. The van der Waals surface area contributed by atoms with E-state index in [4.69, 9.17) is 4.74 Å². The summed E-state index contributed by atoms with van der Waals surface area (Å²) in [5.74, 6) is 0.412. The van der Waals surface area contributed by atoms with Crippen LogP contribution in [0, 0.1) is 6.92 Å². The molecule has 14 heteroatoms. The summed E-state index contributed by atoms with van der Waals surface area (Å²) >= 11 is 0. The molecule has 1 atom stereocenters. The van der Waals surface area contributed by atoms with E-state index in [9.17, 15) is 13.2 Å². The van der Waals surface area contributed by atoms with Crippen LogP contribution in [0.3, 0.4) is 0 Å². The highest BCUT2D eigenvalue weighted by Gasteiger charge is 2.38. The Bertz CT molecular complexity index is 1560. The van der Waals surface area contributed by atoms with E-state index in [1.54, 1.807) is 17.8 Å². The fraction of sp³-hybridized carbons (Fsp3) is 0.300. The molecule has 0 radical (unpaired) electrons. The minimum atomic E-state index is -4.58. The highest BCUT2D eigenvalue weighted by molar-refractivity contribution is 5.67. The van der Waals surface area contributed by atoms with Gasteiger partial charge in [0, 0.05) is 36.6 Å². The lowest BCUT2D eigenvalue weighted by Gasteiger charge is -2.24. The van der Waals surface area contributed by atoms with Crippen LogP contribution in [-0.4, -0.2) is 49.3 Å². The molecule has 0 unspecified atom stereocenters. The Labute approximate surface area is 189 Å². The normalized spacial score (nSPS) is 15.4. The van der Waals surface area contributed by atoms with Gasteiger partial charge in [-0.25, -0.2) is 14.5 Å². The Morgan fingerprint density at radius 1 is 1.18 bits per heavy atom. The van der Waals surface area contributed by atoms with Gasteiger partial charge >= 0.3 is 6.18 Å². The topological polar surface area (TPSA) is 117 Å². The van der Waals surface area contributed by atoms with Crippen LogP contribution in [0.1, 0.15) is 40.9 Å². The van der Waals surface area contributed by atoms with Crippen LogP contribution < -0.4 is 4.74 Å². The summed E-state index contributed by atoms with van der Waals surface area (Å²) in [4.78, 5) is 9.00. The van der Waals surface area contributed by atoms with E-state index in [-0.39, 0.29) is 24.0 Å². The monoisotopic (exact) mass is 470 g/mol. The Morgan fingerprint density at radius 3 is 2.71 bits per heavy atom. The smallest absolute Gasteiger partial charge is 0.418 e. The van der Waals surface area contributed by atoms with E-state index in [1.165, 1.54) is 15.5 Å². The second-order valence-corrected chi connectivity index (χ2v) is 7.95. The van der Waals surface area contributed by atoms with Crippen LogP contribution in [0.5, 0.6) is 11.8 Å². The molecule has 0 amide bonds. The molecule has 34 heavy (non-hydrogen) atoms. The summed E-state index contributed by atoms with van der Waals surface area (Å²) in [7, 11) is 1.81. The number of nitrogens with zero attached hydrogens (tertiary/aromatic N) is 9. The lowest BCUT2D eigenvalue weighted by molar-refractivity contribution is -0.141. The van der Waals surface area contributed by atoms with E-state index in [1.807, 2.05) is 20.2 Å². The minimum absolute atomic E-state index is 0.0969. The zero-order valence-electron chi connectivity index (χ0n) is 18.2. The maximum atomic E-state index is 13.3. The van der Waals surface area contributed by atoms with E-state index >= 15 is 0 Å². The Morgan fingerprint density at radius 2 is 2.00 bits per heavy atom. The first-order valence-corrected chi connectivity index (χ1v) is 10.4. The van der Waals surface area contributed by atoms with Gasteiger partial charge in [0.25, 0.3) is 0 Å². The number of hydrogen-bond donors (Lipinski definition) is 1. The molecule has 0 saturated heterocycles. The third-order valence-corrected chi connectivity index (χ3v) is 5.77. The largest absolute Gasteiger partial charge is 0.435 e. The molecule has 1 aliphatic heterocycles. The first kappa shape index (κ1) is 20.4. The molecule has 174 valence electrons. The molecule has 5 aromatic rings. The number of aromatic amines is 1. The van der Waals surface area contributed by atoms with Gasteiger partial charge in [0.1, 0.15) is 12.0 Å². The van der Waals surface area contributed by atoms with Crippen molar-refractivity contribution in [3.8, 4) is 23.3 Å². The van der Waals surface area contributed by atoms with Gasteiger partial charge in [0.15, 0.2) is 11.3 Å². The van der Waals surface area contributed by atoms with Crippen molar-refractivity contribution in [1.82, 2.24) is 49.3 Å². The highest BCUT2D eigenvalue weighted by atomic mass is 19.4. The van der Waals surface area contributed by atoms with Crippen molar-refractivity contribution in [2.45, 2.75) is 32.5 Å². The fourth-order valence-electron chi connectivity index (χ4n) is 4.27. The van der Waals surface area contributed by atoms with Crippen molar-refractivity contribution in [2.75, 3.05) is 0 Å². The zero-order valence-corrected chi connectivity index (χ0v) is 18.2. The first-order valence-electron chi connectivity index (χ1n) is 10.4. The van der Waals surface area contributed by atoms with Gasteiger partial charge in [0.2, 0.25) is 17.6 Å². The number of halogens is 3. The molecule has 0 fully saturated rings. The van der Waals surface area contributed by atoms with Gasteiger partial charge in [-0.05, 0) is 19.9 Å². The van der Waals surface area contributed by atoms with Gasteiger partial charge in [-0.3, -0.25) is 14.5 Å². The first-order chi connectivity index (χ1) is 16.2. The average molecular weight is 470 g/mol. The van der Waals surface area contributed by atoms with Crippen molar-refractivity contribution in [1.29, 1.82) is 0 Å². The Kier molecular flexibility index (Phi) is 4.13. The van der Waals surface area contributed by atoms with Crippen LogP contribution >= 0.6 is 0 Å². The van der Waals surface area contributed by atoms with Crippen LogP contribution in [0.2, 0.25) is 0 Å². The second-order valence-electron chi connectivity index (χ2n) is 7.95. The molecule has 0 spiro atoms. The second kappa shape index (κ2) is 6.88. The van der Waals surface area contributed by atoms with E-state index < -0.39 is 11.9 Å². The summed E-state index contributed by atoms with van der Waals surface area (Å²) in [5.41, 5.74) is 2.63. The van der Waals surface area contributed by atoms with Crippen molar-refractivity contribution in [3.05, 3.63) is 52.9 Å². The molecular formula is C20H17F3N10O. The molecule has 0 aromatic carbocycles. The molecule has 11 nitrogen and oxygen atoms in total. The number of aromatic nitrogens is 10. The number of nitrogens with one attached hydrogen (secondary N) is 1. The number of rotatable bonds is 3. The van der Waals surface area contributed by atoms with Crippen LogP contribution in [0.4, 0.5) is 13.2 Å². The van der Waals surface area contributed by atoms with Crippen molar-refractivity contribution in [2.24, 2.45) is 7.05 Å². The number of alkyl halides is 3. The molecule has 0 saturated carbocycles. The van der Waals surface area contributed by atoms with Crippen LogP contribution in [-0.2, 0) is 19.8 Å². The third kappa shape index (κ3) is 2.90. The van der Waals surface area contributed by atoms with Crippen molar-refractivity contribution < 1.29 is 17.9 Å². The summed E-state index contributed by atoms with van der Waals surface area (Å²) in [5, 5.41) is 19.6. The van der Waals surface area contributed by atoms with Gasteiger partial charge in [0.05, 0.1) is 17.7 Å². The van der Waals surface area contributed by atoms with Gasteiger partial charge in [-0.2, -0.15) is 23.4 Å². The van der Waals surface area contributed by atoms with Gasteiger partial charge < -0.3 is 4.74 Å². The summed E-state index contributed by atoms with van der Waals surface area (Å²) in [6.07, 6.45) is 0.438. The lowest BCUT2D eigenvalue weighted by atomic mass is 9.86. The highest BCUT2D eigenvalue weighted by Crippen LogP contribution is 2.48. The maximum Gasteiger partial charge on any atom is 0.435 e. The summed E-state index contributed by atoms with van der Waals surface area (Å²) < 4.78 is 50.1. The minimum Gasteiger partial charge on any atom is -0.418 e. The molecule has 5 aromatic heterocycles. The van der Waals surface area contributed by atoms with Crippen LogP contribution in [0.15, 0.2) is 24.8 Å². The number of fused-ring (bicyclic) bond motifs is 4. The lowest BCUT2D eigenvalue weighted by Crippen LogP contribution is -2.14. The number of aryl methyl sites for hydroxylation is 3. The molecule has 0 aliphatic carbocycles. The van der Waals surface area contributed by atoms with Crippen LogP contribution in [0.25, 0.3) is 17.2 Å².